The number of anilines is 1. The first-order valence-electron chi connectivity index (χ1n) is 12.7. The van der Waals surface area contributed by atoms with Gasteiger partial charge in [-0.15, -0.1) is 0 Å². The van der Waals surface area contributed by atoms with Crippen molar-refractivity contribution in [3.05, 3.63) is 101 Å². The molecule has 5 N–H and O–H groups in total. The van der Waals surface area contributed by atoms with Crippen molar-refractivity contribution >= 4 is 11.6 Å². The Morgan fingerprint density at radius 1 is 1.10 bits per heavy atom. The number of carbonyl (C=O) groups is 1. The van der Waals surface area contributed by atoms with Gasteiger partial charge in [-0.05, 0) is 73.5 Å². The molecule has 11 heteroatoms. The topological polar surface area (TPSA) is 117 Å². The number of hydrogen-bond donors (Lipinski definition) is 4. The number of halogens is 3. The van der Waals surface area contributed by atoms with Crippen LogP contribution in [0.15, 0.2) is 72.8 Å². The maximum atomic E-state index is 13.6. The number of amides is 1. The lowest BCUT2D eigenvalue weighted by molar-refractivity contribution is -0.141. The van der Waals surface area contributed by atoms with Gasteiger partial charge in [0.15, 0.2) is 5.69 Å². The Balaban J connectivity index is 1.50. The Morgan fingerprint density at radius 3 is 2.55 bits per heavy atom. The molecule has 0 radical (unpaired) electrons. The number of phenols is 2. The van der Waals surface area contributed by atoms with Gasteiger partial charge in [-0.3, -0.25) is 9.69 Å². The molecule has 4 aromatic rings. The molecule has 0 spiro atoms. The van der Waals surface area contributed by atoms with Crippen molar-refractivity contribution in [2.45, 2.75) is 37.6 Å². The number of nitrogens with two attached hydrogens (primary N) is 1. The molecule has 208 valence electrons. The Labute approximate surface area is 228 Å². The highest BCUT2D eigenvalue weighted by molar-refractivity contribution is 6.03. The molecule has 1 fully saturated rings. The standard InChI is InChI=1S/C29H28F3N5O3/c1-36(20-8-9-20)27(23-14-22(38)10-11-25(23)39)18-5-3-6-19(13-18)34-28(40)24-15-26(29(30,31)32)35-37(24)21-7-2-4-17(12-21)16-33/h2-7,10-15,20,27,38-39H,8-9,16,33H2,1H3,(H,34,40). The first-order chi connectivity index (χ1) is 19.0. The van der Waals surface area contributed by atoms with E-state index in [4.69, 9.17) is 5.73 Å². The predicted molar refractivity (Wildman–Crippen MR) is 143 cm³/mol. The number of carbonyl (C=O) groups excluding carboxylic acids is 1. The van der Waals surface area contributed by atoms with E-state index in [1.165, 1.54) is 18.2 Å². The number of aromatic nitrogens is 2. The molecule has 3 aromatic carbocycles. The van der Waals surface area contributed by atoms with Crippen molar-refractivity contribution in [1.29, 1.82) is 0 Å². The average Bonchev–Trinajstić information content (AvgIpc) is 3.67. The molecule has 0 saturated heterocycles. The van der Waals surface area contributed by atoms with Crippen LogP contribution in [0, 0.1) is 0 Å². The van der Waals surface area contributed by atoms with E-state index in [0.717, 1.165) is 17.5 Å². The van der Waals surface area contributed by atoms with Crippen LogP contribution in [0.25, 0.3) is 5.69 Å². The molecule has 0 bridgehead atoms. The summed E-state index contributed by atoms with van der Waals surface area (Å²) in [5, 5.41) is 27.1. The third-order valence-corrected chi connectivity index (χ3v) is 6.92. The predicted octanol–water partition coefficient (Wildman–Crippen LogP) is 5.20. The molecule has 1 aliphatic rings. The van der Waals surface area contributed by atoms with Crippen molar-refractivity contribution in [3.63, 3.8) is 0 Å². The number of nitrogens with one attached hydrogen (secondary N) is 1. The van der Waals surface area contributed by atoms with Crippen LogP contribution < -0.4 is 11.1 Å². The maximum absolute atomic E-state index is 13.6. The van der Waals surface area contributed by atoms with E-state index in [9.17, 15) is 28.2 Å². The lowest BCUT2D eigenvalue weighted by Gasteiger charge is -2.30. The fourth-order valence-corrected chi connectivity index (χ4v) is 4.76. The van der Waals surface area contributed by atoms with E-state index >= 15 is 0 Å². The molecule has 8 nitrogen and oxygen atoms in total. The Hall–Kier alpha value is -4.35. The van der Waals surface area contributed by atoms with Crippen molar-refractivity contribution < 1.29 is 28.2 Å². The van der Waals surface area contributed by atoms with Gasteiger partial charge in [-0.2, -0.15) is 18.3 Å². The van der Waals surface area contributed by atoms with E-state index in [0.29, 0.717) is 28.4 Å². The number of aromatic hydroxyl groups is 2. The van der Waals surface area contributed by atoms with Crippen LogP contribution in [0.2, 0.25) is 0 Å². The van der Waals surface area contributed by atoms with Crippen molar-refractivity contribution in [3.8, 4) is 17.2 Å². The molecule has 1 heterocycles. The third kappa shape index (κ3) is 5.65. The Morgan fingerprint density at radius 2 is 1.85 bits per heavy atom. The number of benzene rings is 3. The second-order valence-corrected chi connectivity index (χ2v) is 9.82. The largest absolute Gasteiger partial charge is 0.508 e. The van der Waals surface area contributed by atoms with Gasteiger partial charge in [-0.25, -0.2) is 4.68 Å². The molecule has 1 aromatic heterocycles. The zero-order valence-electron chi connectivity index (χ0n) is 21.6. The van der Waals surface area contributed by atoms with Gasteiger partial charge < -0.3 is 21.3 Å². The van der Waals surface area contributed by atoms with E-state index in [1.807, 2.05) is 13.1 Å². The summed E-state index contributed by atoms with van der Waals surface area (Å²) in [5.41, 5.74) is 6.67. The summed E-state index contributed by atoms with van der Waals surface area (Å²) in [4.78, 5) is 15.4. The van der Waals surface area contributed by atoms with Gasteiger partial charge in [0, 0.05) is 29.9 Å². The van der Waals surface area contributed by atoms with Gasteiger partial charge in [-0.1, -0.05) is 24.3 Å². The molecule has 5 rings (SSSR count). The average molecular weight is 552 g/mol. The highest BCUT2D eigenvalue weighted by Gasteiger charge is 2.37. The van der Waals surface area contributed by atoms with E-state index < -0.39 is 23.8 Å². The maximum Gasteiger partial charge on any atom is 0.435 e. The van der Waals surface area contributed by atoms with E-state index in [2.05, 4.69) is 15.3 Å². The number of nitrogens with zero attached hydrogens (tertiary/aromatic N) is 3. The van der Waals surface area contributed by atoms with E-state index in [-0.39, 0.29) is 35.5 Å². The van der Waals surface area contributed by atoms with Crippen LogP contribution in [0.1, 0.15) is 51.8 Å². The van der Waals surface area contributed by atoms with Crippen LogP contribution in [0.5, 0.6) is 11.5 Å². The summed E-state index contributed by atoms with van der Waals surface area (Å²) >= 11 is 0. The van der Waals surface area contributed by atoms with Crippen LogP contribution in [-0.4, -0.2) is 43.9 Å². The molecule has 1 amide bonds. The summed E-state index contributed by atoms with van der Waals surface area (Å²) < 4.78 is 41.7. The number of hydrogen-bond acceptors (Lipinski definition) is 6. The molecule has 0 aliphatic heterocycles. The van der Waals surface area contributed by atoms with Gasteiger partial charge in [0.2, 0.25) is 0 Å². The van der Waals surface area contributed by atoms with Crippen molar-refractivity contribution in [1.82, 2.24) is 14.7 Å². The normalized spacial score (nSPS) is 14.3. The van der Waals surface area contributed by atoms with Gasteiger partial charge >= 0.3 is 6.18 Å². The van der Waals surface area contributed by atoms with Crippen LogP contribution >= 0.6 is 0 Å². The SMILES string of the molecule is CN(C1CC1)C(c1cccc(NC(=O)c2cc(C(F)(F)F)nn2-c2cccc(CN)c2)c1)c1cc(O)ccc1O. The quantitative estimate of drug-likeness (QED) is 0.224. The van der Waals surface area contributed by atoms with Crippen LogP contribution in [0.3, 0.4) is 0 Å². The molecule has 40 heavy (non-hydrogen) atoms. The van der Waals surface area contributed by atoms with E-state index in [1.54, 1.807) is 42.5 Å². The smallest absolute Gasteiger partial charge is 0.435 e. The summed E-state index contributed by atoms with van der Waals surface area (Å²) in [6.07, 6.45) is -2.78. The first kappa shape index (κ1) is 27.2. The molecular formula is C29H28F3N5O3. The fraction of sp³-hybridized carbons (Fsp3) is 0.241. The summed E-state index contributed by atoms with van der Waals surface area (Å²) in [7, 11) is 1.92. The summed E-state index contributed by atoms with van der Waals surface area (Å²) in [6, 6.07) is 18.2. The van der Waals surface area contributed by atoms with Crippen LogP contribution in [-0.2, 0) is 12.7 Å². The van der Waals surface area contributed by atoms with Gasteiger partial charge in [0.05, 0.1) is 11.7 Å². The van der Waals surface area contributed by atoms with Gasteiger partial charge in [0.1, 0.15) is 17.2 Å². The fourth-order valence-electron chi connectivity index (χ4n) is 4.76. The van der Waals surface area contributed by atoms with Gasteiger partial charge in [0.25, 0.3) is 5.91 Å². The number of rotatable bonds is 8. The van der Waals surface area contributed by atoms with Crippen molar-refractivity contribution in [2.75, 3.05) is 12.4 Å². The molecule has 1 unspecified atom stereocenters. The Bertz CT molecular complexity index is 1550. The summed E-state index contributed by atoms with van der Waals surface area (Å²) in [5.74, 6) is -0.780. The molecule has 1 atom stereocenters. The number of alkyl halides is 3. The molecule has 1 saturated carbocycles. The first-order valence-corrected chi connectivity index (χ1v) is 12.7. The summed E-state index contributed by atoms with van der Waals surface area (Å²) in [6.45, 7) is 0.167. The zero-order valence-corrected chi connectivity index (χ0v) is 21.6. The highest BCUT2D eigenvalue weighted by Crippen LogP contribution is 2.41. The minimum atomic E-state index is -4.75. The second kappa shape index (κ2) is 10.7. The molecule has 1 aliphatic carbocycles. The second-order valence-electron chi connectivity index (χ2n) is 9.82. The highest BCUT2D eigenvalue weighted by atomic mass is 19.4. The minimum absolute atomic E-state index is 0.00103. The Kier molecular flexibility index (Phi) is 7.26. The lowest BCUT2D eigenvalue weighted by atomic mass is 9.95. The lowest BCUT2D eigenvalue weighted by Crippen LogP contribution is -2.28. The monoisotopic (exact) mass is 551 g/mol. The number of phenolic OH excluding ortho intramolecular Hbond substituents is 2. The third-order valence-electron chi connectivity index (χ3n) is 6.92. The minimum Gasteiger partial charge on any atom is -0.508 e. The molecular weight excluding hydrogens is 523 g/mol. The zero-order chi connectivity index (χ0) is 28.6. The van der Waals surface area contributed by atoms with Crippen LogP contribution in [0.4, 0.5) is 18.9 Å². The van der Waals surface area contributed by atoms with Crippen molar-refractivity contribution in [2.24, 2.45) is 5.73 Å².